The number of rotatable bonds is 6. The fraction of sp³-hybridized carbons (Fsp3) is 0.235. The number of carbonyl (C=O) groups excluding carboxylic acids is 1. The molecule has 0 radical (unpaired) electrons. The highest BCUT2D eigenvalue weighted by atomic mass is 16.6. The number of nitrogens with one attached hydrogen (secondary N) is 1. The molecule has 0 aliphatic rings. The van der Waals surface area contributed by atoms with Gasteiger partial charge in [-0.2, -0.15) is 0 Å². The molecule has 5 nitrogen and oxygen atoms in total. The second-order valence-electron chi connectivity index (χ2n) is 5.10. The van der Waals surface area contributed by atoms with Gasteiger partial charge in [-0.15, -0.1) is 0 Å². The molecule has 2 aromatic rings. The zero-order chi connectivity index (χ0) is 15.9. The quantitative estimate of drug-likeness (QED) is 0.658. The summed E-state index contributed by atoms with van der Waals surface area (Å²) in [6.07, 6.45) is 0.777. The highest BCUT2D eigenvalue weighted by Gasteiger charge is 2.15. The van der Waals surface area contributed by atoms with E-state index in [2.05, 4.69) is 5.32 Å². The van der Waals surface area contributed by atoms with E-state index in [4.69, 9.17) is 0 Å². The Labute approximate surface area is 129 Å². The maximum Gasteiger partial charge on any atom is 0.269 e. The number of nitrogens with zero attached hydrogens (tertiary/aromatic N) is 1. The Morgan fingerprint density at radius 1 is 1.14 bits per heavy atom. The van der Waals surface area contributed by atoms with Gasteiger partial charge in [-0.3, -0.25) is 14.9 Å². The fourth-order valence-corrected chi connectivity index (χ4v) is 2.16. The normalized spacial score (nSPS) is 11.7. The molecule has 2 rings (SSSR count). The number of hydrogen-bond acceptors (Lipinski definition) is 3. The Balaban J connectivity index is 1.87. The third-order valence-corrected chi connectivity index (χ3v) is 3.55. The first kappa shape index (κ1) is 15.7. The molecule has 0 saturated heterocycles. The summed E-state index contributed by atoms with van der Waals surface area (Å²) >= 11 is 0. The Hall–Kier alpha value is -2.69. The van der Waals surface area contributed by atoms with E-state index in [1.54, 1.807) is 19.1 Å². The van der Waals surface area contributed by atoms with Gasteiger partial charge in [0.25, 0.3) is 5.69 Å². The van der Waals surface area contributed by atoms with Gasteiger partial charge in [-0.05, 0) is 24.5 Å². The number of nitro benzene ring substituents is 1. The van der Waals surface area contributed by atoms with Gasteiger partial charge < -0.3 is 5.32 Å². The van der Waals surface area contributed by atoms with E-state index in [9.17, 15) is 14.9 Å². The minimum Gasteiger partial charge on any atom is -0.355 e. The minimum atomic E-state index is -0.450. The van der Waals surface area contributed by atoms with Gasteiger partial charge in [0.15, 0.2) is 0 Å². The van der Waals surface area contributed by atoms with Crippen molar-refractivity contribution in [1.82, 2.24) is 5.32 Å². The summed E-state index contributed by atoms with van der Waals surface area (Å²) in [5.74, 6) is -0.415. The lowest BCUT2D eigenvalue weighted by molar-refractivity contribution is -0.384. The lowest BCUT2D eigenvalue weighted by Gasteiger charge is -2.12. The summed E-state index contributed by atoms with van der Waals surface area (Å²) in [5, 5.41) is 13.5. The van der Waals surface area contributed by atoms with Crippen molar-refractivity contribution in [3.8, 4) is 0 Å². The molecule has 0 fully saturated rings. The van der Waals surface area contributed by atoms with Crippen molar-refractivity contribution in [2.45, 2.75) is 19.3 Å². The van der Waals surface area contributed by atoms with Crippen LogP contribution in [0.3, 0.4) is 0 Å². The number of nitro groups is 1. The summed E-state index contributed by atoms with van der Waals surface area (Å²) in [6.45, 7) is 2.36. The SMILES string of the molecule is C[C@H](C(=O)NCCc1ccccc1)c1ccc([N+](=O)[O-])cc1. The molecule has 22 heavy (non-hydrogen) atoms. The number of carbonyl (C=O) groups is 1. The molecule has 0 spiro atoms. The predicted octanol–water partition coefficient (Wildman–Crippen LogP) is 3.06. The average Bonchev–Trinajstić information content (AvgIpc) is 2.55. The van der Waals surface area contributed by atoms with E-state index < -0.39 is 4.92 Å². The second-order valence-corrected chi connectivity index (χ2v) is 5.10. The van der Waals surface area contributed by atoms with Gasteiger partial charge in [0.2, 0.25) is 5.91 Å². The minimum absolute atomic E-state index is 0.0282. The first-order chi connectivity index (χ1) is 10.6. The van der Waals surface area contributed by atoms with Crippen molar-refractivity contribution in [3.63, 3.8) is 0 Å². The molecule has 0 heterocycles. The van der Waals surface area contributed by atoms with Crippen LogP contribution >= 0.6 is 0 Å². The number of benzene rings is 2. The molecular weight excluding hydrogens is 280 g/mol. The Bertz CT molecular complexity index is 639. The van der Waals surface area contributed by atoms with Crippen molar-refractivity contribution in [2.24, 2.45) is 0 Å². The van der Waals surface area contributed by atoms with Crippen LogP contribution in [-0.2, 0) is 11.2 Å². The van der Waals surface area contributed by atoms with Crippen molar-refractivity contribution in [3.05, 3.63) is 75.8 Å². The van der Waals surface area contributed by atoms with E-state index in [-0.39, 0.29) is 17.5 Å². The zero-order valence-corrected chi connectivity index (χ0v) is 12.4. The largest absolute Gasteiger partial charge is 0.355 e. The lowest BCUT2D eigenvalue weighted by Crippen LogP contribution is -2.29. The predicted molar refractivity (Wildman–Crippen MR) is 84.7 cm³/mol. The van der Waals surface area contributed by atoms with E-state index in [0.717, 1.165) is 12.0 Å². The molecule has 0 saturated carbocycles. The molecule has 0 unspecified atom stereocenters. The van der Waals surface area contributed by atoms with Crippen LogP contribution in [-0.4, -0.2) is 17.4 Å². The topological polar surface area (TPSA) is 72.2 Å². The molecule has 5 heteroatoms. The van der Waals surface area contributed by atoms with Gasteiger partial charge in [-0.1, -0.05) is 42.5 Å². The van der Waals surface area contributed by atoms with Crippen LogP contribution in [0.2, 0.25) is 0 Å². The summed E-state index contributed by atoms with van der Waals surface area (Å²) in [6, 6.07) is 16.0. The van der Waals surface area contributed by atoms with E-state index >= 15 is 0 Å². The number of amides is 1. The van der Waals surface area contributed by atoms with Crippen molar-refractivity contribution >= 4 is 11.6 Å². The lowest BCUT2D eigenvalue weighted by atomic mass is 10.00. The van der Waals surface area contributed by atoms with Crippen LogP contribution < -0.4 is 5.32 Å². The number of hydrogen-bond donors (Lipinski definition) is 1. The fourth-order valence-electron chi connectivity index (χ4n) is 2.16. The molecule has 0 aliphatic carbocycles. The van der Waals surface area contributed by atoms with Gasteiger partial charge in [0.1, 0.15) is 0 Å². The Morgan fingerprint density at radius 3 is 2.36 bits per heavy atom. The smallest absolute Gasteiger partial charge is 0.269 e. The highest BCUT2D eigenvalue weighted by Crippen LogP contribution is 2.19. The van der Waals surface area contributed by atoms with Crippen LogP contribution in [0.25, 0.3) is 0 Å². The molecule has 2 aromatic carbocycles. The molecule has 114 valence electrons. The van der Waals surface area contributed by atoms with Crippen LogP contribution in [0.1, 0.15) is 24.0 Å². The summed E-state index contributed by atoms with van der Waals surface area (Å²) in [7, 11) is 0. The third kappa shape index (κ3) is 4.15. The van der Waals surface area contributed by atoms with Crippen LogP contribution in [0, 0.1) is 10.1 Å². The Kier molecular flexibility index (Phi) is 5.25. The monoisotopic (exact) mass is 298 g/mol. The average molecular weight is 298 g/mol. The van der Waals surface area contributed by atoms with Crippen LogP contribution in [0.4, 0.5) is 5.69 Å². The molecule has 0 bridgehead atoms. The standard InChI is InChI=1S/C17H18N2O3/c1-13(15-7-9-16(10-8-15)19(21)22)17(20)18-12-11-14-5-3-2-4-6-14/h2-10,13H,11-12H2,1H3,(H,18,20)/t13-/m0/s1. The maximum absolute atomic E-state index is 12.1. The van der Waals surface area contributed by atoms with Crippen molar-refractivity contribution < 1.29 is 9.72 Å². The first-order valence-electron chi connectivity index (χ1n) is 7.14. The molecule has 1 amide bonds. The zero-order valence-electron chi connectivity index (χ0n) is 12.4. The third-order valence-electron chi connectivity index (χ3n) is 3.55. The number of non-ortho nitro benzene ring substituents is 1. The molecule has 0 aromatic heterocycles. The van der Waals surface area contributed by atoms with Gasteiger partial charge in [0.05, 0.1) is 10.8 Å². The summed E-state index contributed by atoms with van der Waals surface area (Å²) in [5.41, 5.74) is 1.97. The highest BCUT2D eigenvalue weighted by molar-refractivity contribution is 5.83. The van der Waals surface area contributed by atoms with E-state index in [0.29, 0.717) is 6.54 Å². The van der Waals surface area contributed by atoms with Crippen molar-refractivity contribution in [2.75, 3.05) is 6.54 Å². The molecular formula is C17H18N2O3. The second kappa shape index (κ2) is 7.36. The van der Waals surface area contributed by atoms with Crippen LogP contribution in [0.5, 0.6) is 0 Å². The molecule has 0 aliphatic heterocycles. The van der Waals surface area contributed by atoms with Crippen LogP contribution in [0.15, 0.2) is 54.6 Å². The van der Waals surface area contributed by atoms with Gasteiger partial charge in [-0.25, -0.2) is 0 Å². The van der Waals surface area contributed by atoms with E-state index in [1.165, 1.54) is 17.7 Å². The van der Waals surface area contributed by atoms with Gasteiger partial charge in [0, 0.05) is 18.7 Å². The molecule has 1 atom stereocenters. The first-order valence-corrected chi connectivity index (χ1v) is 7.14. The summed E-state index contributed by atoms with van der Waals surface area (Å²) < 4.78 is 0. The Morgan fingerprint density at radius 2 is 1.77 bits per heavy atom. The van der Waals surface area contributed by atoms with E-state index in [1.807, 2.05) is 30.3 Å². The van der Waals surface area contributed by atoms with Crippen molar-refractivity contribution in [1.29, 1.82) is 0 Å². The maximum atomic E-state index is 12.1. The van der Waals surface area contributed by atoms with Gasteiger partial charge >= 0.3 is 0 Å². The summed E-state index contributed by atoms with van der Waals surface area (Å²) in [4.78, 5) is 22.3. The molecule has 1 N–H and O–H groups in total.